The van der Waals surface area contributed by atoms with Crippen molar-refractivity contribution in [1.82, 2.24) is 14.7 Å². The van der Waals surface area contributed by atoms with E-state index in [0.717, 1.165) is 30.2 Å². The molecule has 6 nitrogen and oxygen atoms in total. The lowest BCUT2D eigenvalue weighted by molar-refractivity contribution is 0.0742. The maximum Gasteiger partial charge on any atom is 0.257 e. The third-order valence-corrected chi connectivity index (χ3v) is 5.55. The number of rotatable bonds is 5. The number of para-hydroxylation sites is 2. The zero-order chi connectivity index (χ0) is 21.1. The quantitative estimate of drug-likeness (QED) is 0.648. The predicted octanol–water partition coefficient (Wildman–Crippen LogP) is 3.85. The molecule has 2 aromatic carbocycles. The van der Waals surface area contributed by atoms with Gasteiger partial charge in [0.05, 0.1) is 34.9 Å². The van der Waals surface area contributed by atoms with Crippen LogP contribution < -0.4 is 9.64 Å². The van der Waals surface area contributed by atoms with Gasteiger partial charge in [-0.15, -0.1) is 0 Å². The van der Waals surface area contributed by atoms with E-state index in [1.54, 1.807) is 0 Å². The first kappa shape index (κ1) is 20.0. The van der Waals surface area contributed by atoms with Crippen LogP contribution in [0.25, 0.3) is 5.69 Å². The van der Waals surface area contributed by atoms with E-state index in [0.29, 0.717) is 31.0 Å². The molecule has 0 aliphatic carbocycles. The second-order valence-electron chi connectivity index (χ2n) is 7.48. The van der Waals surface area contributed by atoms with E-state index >= 15 is 0 Å². The highest BCUT2D eigenvalue weighted by Crippen LogP contribution is 2.28. The van der Waals surface area contributed by atoms with E-state index in [1.165, 1.54) is 5.69 Å². The van der Waals surface area contributed by atoms with Crippen LogP contribution >= 0.6 is 0 Å². The lowest BCUT2D eigenvalue weighted by atomic mass is 10.1. The topological polar surface area (TPSA) is 50.6 Å². The smallest absolute Gasteiger partial charge is 0.257 e. The first-order chi connectivity index (χ1) is 14.6. The minimum Gasteiger partial charge on any atom is -0.493 e. The van der Waals surface area contributed by atoms with Crippen molar-refractivity contribution in [2.45, 2.75) is 20.8 Å². The van der Waals surface area contributed by atoms with Crippen LogP contribution in [0.2, 0.25) is 0 Å². The van der Waals surface area contributed by atoms with Crippen LogP contribution in [0.1, 0.15) is 28.7 Å². The minimum atomic E-state index is 0.0344. The van der Waals surface area contributed by atoms with Gasteiger partial charge in [0.2, 0.25) is 0 Å². The summed E-state index contributed by atoms with van der Waals surface area (Å²) in [5.41, 5.74) is 5.00. The molecule has 0 bridgehead atoms. The van der Waals surface area contributed by atoms with E-state index in [1.807, 2.05) is 59.0 Å². The van der Waals surface area contributed by atoms with Gasteiger partial charge in [-0.05, 0) is 45.0 Å². The maximum absolute atomic E-state index is 13.1. The average Bonchev–Trinajstić information content (AvgIpc) is 3.08. The van der Waals surface area contributed by atoms with Gasteiger partial charge >= 0.3 is 0 Å². The van der Waals surface area contributed by atoms with Gasteiger partial charge in [-0.3, -0.25) is 4.79 Å². The highest BCUT2D eigenvalue weighted by atomic mass is 16.5. The Balaban J connectivity index is 1.49. The van der Waals surface area contributed by atoms with Crippen LogP contribution in [-0.4, -0.2) is 53.4 Å². The fourth-order valence-corrected chi connectivity index (χ4v) is 4.14. The van der Waals surface area contributed by atoms with Gasteiger partial charge in [0.25, 0.3) is 5.91 Å². The van der Waals surface area contributed by atoms with Gasteiger partial charge in [0.1, 0.15) is 5.75 Å². The molecule has 2 heterocycles. The summed E-state index contributed by atoms with van der Waals surface area (Å²) in [5.74, 6) is 0.690. The molecule has 1 aliphatic rings. The molecular formula is C24H28N4O2. The normalized spacial score (nSPS) is 14.1. The molecule has 3 aromatic rings. The summed E-state index contributed by atoms with van der Waals surface area (Å²) in [7, 11) is 0. The number of nitrogens with zero attached hydrogens (tertiary/aromatic N) is 4. The molecule has 4 rings (SSSR count). The molecule has 0 unspecified atom stereocenters. The van der Waals surface area contributed by atoms with Gasteiger partial charge in [-0.2, -0.15) is 5.10 Å². The van der Waals surface area contributed by atoms with Crippen LogP contribution in [0.5, 0.6) is 5.75 Å². The molecule has 0 radical (unpaired) electrons. The van der Waals surface area contributed by atoms with Crippen LogP contribution in [0.4, 0.5) is 5.69 Å². The second-order valence-corrected chi connectivity index (χ2v) is 7.48. The van der Waals surface area contributed by atoms with Crippen LogP contribution in [0.15, 0.2) is 54.6 Å². The molecular weight excluding hydrogens is 376 g/mol. The highest BCUT2D eigenvalue weighted by Gasteiger charge is 2.27. The fourth-order valence-electron chi connectivity index (χ4n) is 4.14. The third-order valence-electron chi connectivity index (χ3n) is 5.55. The molecule has 1 fully saturated rings. The molecule has 0 saturated carbocycles. The summed E-state index contributed by atoms with van der Waals surface area (Å²) >= 11 is 0. The minimum absolute atomic E-state index is 0.0344. The summed E-state index contributed by atoms with van der Waals surface area (Å²) in [6.07, 6.45) is 0. The Hall–Kier alpha value is -3.28. The number of benzene rings is 2. The van der Waals surface area contributed by atoms with Crippen molar-refractivity contribution in [3.05, 3.63) is 71.5 Å². The largest absolute Gasteiger partial charge is 0.493 e. The Morgan fingerprint density at radius 3 is 2.33 bits per heavy atom. The van der Waals surface area contributed by atoms with Crippen molar-refractivity contribution in [3.63, 3.8) is 0 Å². The average molecular weight is 405 g/mol. The monoisotopic (exact) mass is 404 g/mol. The molecule has 30 heavy (non-hydrogen) atoms. The number of carbonyl (C=O) groups is 1. The van der Waals surface area contributed by atoms with Crippen molar-refractivity contribution >= 4 is 11.6 Å². The zero-order valence-electron chi connectivity index (χ0n) is 17.8. The van der Waals surface area contributed by atoms with E-state index in [4.69, 9.17) is 9.84 Å². The first-order valence-electron chi connectivity index (χ1n) is 10.5. The number of carbonyl (C=O) groups excluding carboxylic acids is 1. The molecule has 1 aromatic heterocycles. The van der Waals surface area contributed by atoms with Crippen molar-refractivity contribution < 1.29 is 9.53 Å². The maximum atomic E-state index is 13.1. The zero-order valence-corrected chi connectivity index (χ0v) is 17.8. The highest BCUT2D eigenvalue weighted by molar-refractivity contribution is 5.97. The number of hydrogen-bond donors (Lipinski definition) is 0. The molecule has 1 aliphatic heterocycles. The van der Waals surface area contributed by atoms with Gasteiger partial charge < -0.3 is 14.5 Å². The Morgan fingerprint density at radius 1 is 0.967 bits per heavy atom. The Kier molecular flexibility index (Phi) is 5.74. The summed E-state index contributed by atoms with van der Waals surface area (Å²) in [4.78, 5) is 17.3. The Morgan fingerprint density at radius 2 is 1.63 bits per heavy atom. The van der Waals surface area contributed by atoms with Crippen molar-refractivity contribution in [3.8, 4) is 11.4 Å². The summed E-state index contributed by atoms with van der Waals surface area (Å²) in [6, 6.07) is 17.7. The van der Waals surface area contributed by atoms with E-state index < -0.39 is 0 Å². The van der Waals surface area contributed by atoms with E-state index in [2.05, 4.69) is 30.9 Å². The summed E-state index contributed by atoms with van der Waals surface area (Å²) < 4.78 is 7.65. The first-order valence-corrected chi connectivity index (χ1v) is 10.5. The number of aromatic nitrogens is 2. The van der Waals surface area contributed by atoms with Gasteiger partial charge in [0.15, 0.2) is 0 Å². The van der Waals surface area contributed by atoms with Crippen molar-refractivity contribution in [1.29, 1.82) is 0 Å². The molecule has 6 heteroatoms. The summed E-state index contributed by atoms with van der Waals surface area (Å²) in [6.45, 7) is 9.55. The Labute approximate surface area is 177 Å². The standard InChI is InChI=1S/C24H28N4O2/c1-4-30-22-13-9-8-12-21(22)24(29)27-16-14-26(15-17-27)23-18(2)25-28(19(23)3)20-10-6-5-7-11-20/h5-13H,4,14-17H2,1-3H3. The lowest BCUT2D eigenvalue weighted by Gasteiger charge is -2.36. The predicted molar refractivity (Wildman–Crippen MR) is 119 cm³/mol. The van der Waals surface area contributed by atoms with Crippen molar-refractivity contribution in [2.24, 2.45) is 0 Å². The van der Waals surface area contributed by atoms with E-state index in [-0.39, 0.29) is 5.91 Å². The van der Waals surface area contributed by atoms with Gasteiger partial charge in [-0.1, -0.05) is 30.3 Å². The molecule has 0 N–H and O–H groups in total. The number of aryl methyl sites for hydroxylation is 1. The van der Waals surface area contributed by atoms with Crippen LogP contribution in [0, 0.1) is 13.8 Å². The third kappa shape index (κ3) is 3.77. The number of anilines is 1. The van der Waals surface area contributed by atoms with Gasteiger partial charge in [0, 0.05) is 26.2 Å². The fraction of sp³-hybridized carbons (Fsp3) is 0.333. The SMILES string of the molecule is CCOc1ccccc1C(=O)N1CCN(c2c(C)nn(-c3ccccc3)c2C)CC1. The molecule has 0 spiro atoms. The lowest BCUT2D eigenvalue weighted by Crippen LogP contribution is -2.49. The number of amides is 1. The number of hydrogen-bond acceptors (Lipinski definition) is 4. The second kappa shape index (κ2) is 8.61. The number of piperazine rings is 1. The van der Waals surface area contributed by atoms with E-state index in [9.17, 15) is 4.79 Å². The molecule has 1 amide bonds. The Bertz CT molecular complexity index is 1020. The van der Waals surface area contributed by atoms with Crippen LogP contribution in [0.3, 0.4) is 0 Å². The summed E-state index contributed by atoms with van der Waals surface area (Å²) in [5, 5.41) is 4.77. The molecule has 156 valence electrons. The van der Waals surface area contributed by atoms with Gasteiger partial charge in [-0.25, -0.2) is 4.68 Å². The number of ether oxygens (including phenoxy) is 1. The molecule has 0 atom stereocenters. The molecule has 1 saturated heterocycles. The van der Waals surface area contributed by atoms with Crippen molar-refractivity contribution in [2.75, 3.05) is 37.7 Å². The van der Waals surface area contributed by atoms with Crippen LogP contribution in [-0.2, 0) is 0 Å².